The van der Waals surface area contributed by atoms with Crippen LogP contribution < -0.4 is 10.5 Å². The van der Waals surface area contributed by atoms with Crippen LogP contribution in [0.2, 0.25) is 0 Å². The Balaban J connectivity index is 1.97. The zero-order valence-electron chi connectivity index (χ0n) is 11.6. The third-order valence-corrected chi connectivity index (χ3v) is 4.05. The number of fused-ring (bicyclic) bond motifs is 1. The molecular weight excluding hydrogens is 250 g/mol. The lowest BCUT2D eigenvalue weighted by Gasteiger charge is -2.30. The molecule has 4 nitrogen and oxygen atoms in total. The molecule has 2 unspecified atom stereocenters. The molecule has 4 heteroatoms. The Hall–Kier alpha value is -1.94. The minimum atomic E-state index is -0.180. The third kappa shape index (κ3) is 2.27. The Morgan fingerprint density at radius 3 is 2.90 bits per heavy atom. The number of aromatic nitrogens is 2. The van der Waals surface area contributed by atoms with Crippen molar-refractivity contribution in [2.24, 2.45) is 5.73 Å². The van der Waals surface area contributed by atoms with E-state index in [9.17, 15) is 0 Å². The van der Waals surface area contributed by atoms with Crippen molar-refractivity contribution in [3.63, 3.8) is 0 Å². The molecule has 0 radical (unpaired) electrons. The second kappa shape index (κ2) is 5.59. The van der Waals surface area contributed by atoms with Crippen LogP contribution in [0.25, 0.3) is 0 Å². The summed E-state index contributed by atoms with van der Waals surface area (Å²) < 4.78 is 5.29. The molecule has 1 heterocycles. The molecule has 1 aromatic carbocycles. The fourth-order valence-corrected chi connectivity index (χ4v) is 3.08. The first-order valence-corrected chi connectivity index (χ1v) is 6.99. The van der Waals surface area contributed by atoms with Crippen molar-refractivity contribution in [3.05, 3.63) is 53.5 Å². The molecule has 20 heavy (non-hydrogen) atoms. The van der Waals surface area contributed by atoms with Crippen LogP contribution in [0.4, 0.5) is 0 Å². The fraction of sp³-hybridized carbons (Fsp3) is 0.375. The van der Waals surface area contributed by atoms with Crippen molar-refractivity contribution in [1.29, 1.82) is 0 Å². The summed E-state index contributed by atoms with van der Waals surface area (Å²) in [5.74, 6) is 0.814. The molecule has 2 atom stereocenters. The van der Waals surface area contributed by atoms with E-state index in [0.717, 1.165) is 25.0 Å². The van der Waals surface area contributed by atoms with E-state index in [4.69, 9.17) is 10.5 Å². The topological polar surface area (TPSA) is 61.0 Å². The molecule has 1 aliphatic rings. The van der Waals surface area contributed by atoms with E-state index in [1.807, 2.05) is 0 Å². The van der Waals surface area contributed by atoms with Crippen molar-refractivity contribution >= 4 is 0 Å². The first-order chi connectivity index (χ1) is 9.81. The second-order valence-electron chi connectivity index (χ2n) is 5.17. The lowest BCUT2D eigenvalue weighted by molar-refractivity contribution is 0.373. The summed E-state index contributed by atoms with van der Waals surface area (Å²) in [5, 5.41) is 0. The van der Waals surface area contributed by atoms with Gasteiger partial charge in [0.1, 0.15) is 5.69 Å². The summed E-state index contributed by atoms with van der Waals surface area (Å²) in [4.78, 5) is 8.59. The third-order valence-electron chi connectivity index (χ3n) is 4.05. The molecule has 1 aliphatic carbocycles. The molecule has 0 fully saturated rings. The van der Waals surface area contributed by atoms with E-state index >= 15 is 0 Å². The number of hydrogen-bond donors (Lipinski definition) is 1. The Morgan fingerprint density at radius 2 is 2.05 bits per heavy atom. The minimum Gasteiger partial charge on any atom is -0.480 e. The van der Waals surface area contributed by atoms with Gasteiger partial charge in [0.05, 0.1) is 13.2 Å². The average Bonchev–Trinajstić information content (AvgIpc) is 2.53. The van der Waals surface area contributed by atoms with Gasteiger partial charge in [-0.3, -0.25) is 4.98 Å². The van der Waals surface area contributed by atoms with Gasteiger partial charge in [-0.15, -0.1) is 0 Å². The maximum absolute atomic E-state index is 6.48. The highest BCUT2D eigenvalue weighted by atomic mass is 16.5. The summed E-state index contributed by atoms with van der Waals surface area (Å²) in [6.45, 7) is 0. The number of nitrogens with zero attached hydrogens (tertiary/aromatic N) is 2. The van der Waals surface area contributed by atoms with Gasteiger partial charge in [0, 0.05) is 18.3 Å². The predicted molar refractivity (Wildman–Crippen MR) is 77.6 cm³/mol. The fourth-order valence-electron chi connectivity index (χ4n) is 3.08. The molecule has 0 aliphatic heterocycles. The van der Waals surface area contributed by atoms with Crippen LogP contribution in [0.3, 0.4) is 0 Å². The van der Waals surface area contributed by atoms with Crippen LogP contribution in [-0.2, 0) is 6.42 Å². The van der Waals surface area contributed by atoms with Crippen LogP contribution in [0.1, 0.15) is 41.6 Å². The van der Waals surface area contributed by atoms with Crippen LogP contribution >= 0.6 is 0 Å². The molecule has 2 N–H and O–H groups in total. The number of nitrogens with two attached hydrogens (primary N) is 1. The van der Waals surface area contributed by atoms with Crippen LogP contribution in [-0.4, -0.2) is 17.1 Å². The minimum absolute atomic E-state index is 0.180. The van der Waals surface area contributed by atoms with Crippen molar-refractivity contribution in [2.45, 2.75) is 31.2 Å². The summed E-state index contributed by atoms with van der Waals surface area (Å²) >= 11 is 0. The zero-order chi connectivity index (χ0) is 13.9. The van der Waals surface area contributed by atoms with Crippen molar-refractivity contribution in [2.75, 3.05) is 7.11 Å². The van der Waals surface area contributed by atoms with Crippen molar-refractivity contribution < 1.29 is 4.74 Å². The molecule has 1 aromatic heterocycles. The van der Waals surface area contributed by atoms with E-state index < -0.39 is 0 Å². The van der Waals surface area contributed by atoms with Gasteiger partial charge in [-0.2, -0.15) is 0 Å². The Kier molecular flexibility index (Phi) is 3.65. The van der Waals surface area contributed by atoms with E-state index in [-0.39, 0.29) is 12.0 Å². The monoisotopic (exact) mass is 269 g/mol. The molecular formula is C16H19N3O. The predicted octanol–water partition coefficient (Wildman–Crippen LogP) is 2.61. The molecule has 0 amide bonds. The number of ether oxygens (including phenoxy) is 1. The maximum atomic E-state index is 6.48. The van der Waals surface area contributed by atoms with Gasteiger partial charge in [-0.05, 0) is 30.4 Å². The number of benzene rings is 1. The normalized spacial score (nSPS) is 19.2. The SMILES string of the molecule is COc1nccnc1C(N)C1CCCc2ccccc21. The average molecular weight is 269 g/mol. The lowest BCUT2D eigenvalue weighted by atomic mass is 9.78. The molecule has 3 rings (SSSR count). The number of hydrogen-bond acceptors (Lipinski definition) is 4. The molecule has 0 spiro atoms. The van der Waals surface area contributed by atoms with Gasteiger partial charge in [-0.25, -0.2) is 4.98 Å². The van der Waals surface area contributed by atoms with E-state index in [1.54, 1.807) is 19.5 Å². The van der Waals surface area contributed by atoms with Gasteiger partial charge in [0.15, 0.2) is 0 Å². The maximum Gasteiger partial charge on any atom is 0.237 e. The van der Waals surface area contributed by atoms with Crippen molar-refractivity contribution in [3.8, 4) is 5.88 Å². The Bertz CT molecular complexity index is 600. The number of rotatable bonds is 3. The molecule has 0 saturated heterocycles. The summed E-state index contributed by atoms with van der Waals surface area (Å²) in [6, 6.07) is 8.37. The molecule has 0 saturated carbocycles. The van der Waals surface area contributed by atoms with Gasteiger partial charge in [-0.1, -0.05) is 24.3 Å². The number of methoxy groups -OCH3 is 1. The van der Waals surface area contributed by atoms with E-state index in [0.29, 0.717) is 5.88 Å². The summed E-state index contributed by atoms with van der Waals surface area (Å²) in [7, 11) is 1.61. The van der Waals surface area contributed by atoms with Gasteiger partial charge >= 0.3 is 0 Å². The molecule has 104 valence electrons. The summed E-state index contributed by atoms with van der Waals surface area (Å²) in [6.07, 6.45) is 6.68. The number of aryl methyl sites for hydroxylation is 1. The van der Waals surface area contributed by atoms with Crippen LogP contribution in [0, 0.1) is 0 Å². The highest BCUT2D eigenvalue weighted by Crippen LogP contribution is 2.39. The smallest absolute Gasteiger partial charge is 0.237 e. The van der Waals surface area contributed by atoms with Crippen LogP contribution in [0.15, 0.2) is 36.7 Å². The highest BCUT2D eigenvalue weighted by Gasteiger charge is 2.29. The van der Waals surface area contributed by atoms with Gasteiger partial charge in [0.2, 0.25) is 5.88 Å². The lowest BCUT2D eigenvalue weighted by Crippen LogP contribution is -2.25. The van der Waals surface area contributed by atoms with Crippen molar-refractivity contribution in [1.82, 2.24) is 9.97 Å². The standard InChI is InChI=1S/C16H19N3O/c1-20-16-15(18-9-10-19-16)14(17)13-8-4-6-11-5-2-3-7-12(11)13/h2-3,5,7,9-10,13-14H,4,6,8,17H2,1H3. The zero-order valence-corrected chi connectivity index (χ0v) is 11.6. The molecule has 2 aromatic rings. The van der Waals surface area contributed by atoms with E-state index in [2.05, 4.69) is 34.2 Å². The Morgan fingerprint density at radius 1 is 1.25 bits per heavy atom. The highest BCUT2D eigenvalue weighted by molar-refractivity contribution is 5.36. The first kappa shape index (κ1) is 13.1. The Labute approximate surface area is 119 Å². The van der Waals surface area contributed by atoms with Gasteiger partial charge < -0.3 is 10.5 Å². The largest absolute Gasteiger partial charge is 0.480 e. The van der Waals surface area contributed by atoms with Gasteiger partial charge in [0.25, 0.3) is 0 Å². The van der Waals surface area contributed by atoms with Crippen LogP contribution in [0.5, 0.6) is 5.88 Å². The summed E-state index contributed by atoms with van der Waals surface area (Å²) in [5.41, 5.74) is 9.98. The van der Waals surface area contributed by atoms with E-state index in [1.165, 1.54) is 11.1 Å². The quantitative estimate of drug-likeness (QED) is 0.930. The molecule has 0 bridgehead atoms. The first-order valence-electron chi connectivity index (χ1n) is 6.99. The second-order valence-corrected chi connectivity index (χ2v) is 5.17.